The Balaban J connectivity index is 1.36. The van der Waals surface area contributed by atoms with Crippen LogP contribution in [-0.2, 0) is 4.74 Å². The molecule has 27 heavy (non-hydrogen) atoms. The van der Waals surface area contributed by atoms with Crippen molar-refractivity contribution in [2.45, 2.75) is 18.9 Å². The van der Waals surface area contributed by atoms with Crippen molar-refractivity contribution in [1.82, 2.24) is 9.80 Å². The summed E-state index contributed by atoms with van der Waals surface area (Å²) in [6.07, 6.45) is 2.76. The second-order valence-electron chi connectivity index (χ2n) is 7.96. The first-order chi connectivity index (χ1) is 13.3. The van der Waals surface area contributed by atoms with Crippen LogP contribution in [0.3, 0.4) is 0 Å². The molecule has 5 heteroatoms. The van der Waals surface area contributed by atoms with E-state index in [0.29, 0.717) is 50.3 Å². The van der Waals surface area contributed by atoms with Crippen LogP contribution in [0.25, 0.3) is 10.8 Å². The molecule has 2 atom stereocenters. The van der Waals surface area contributed by atoms with Gasteiger partial charge in [0.05, 0.1) is 24.8 Å². The molecule has 1 amide bonds. The smallest absolute Gasteiger partial charge is 0.257 e. The molecule has 2 aromatic carbocycles. The van der Waals surface area contributed by atoms with Crippen molar-refractivity contribution in [3.05, 3.63) is 42.0 Å². The molecule has 0 bridgehead atoms. The quantitative estimate of drug-likeness (QED) is 0.738. The SMILES string of the molecule is O=C(c1cc2ccccc2cc1OCC1CN1CC1CC1)N1CCOCC1. The number of carbonyl (C=O) groups is 1. The minimum Gasteiger partial charge on any atom is -0.491 e. The lowest BCUT2D eigenvalue weighted by Crippen LogP contribution is -2.40. The number of fused-ring (bicyclic) bond motifs is 1. The van der Waals surface area contributed by atoms with Crippen LogP contribution < -0.4 is 4.74 Å². The van der Waals surface area contributed by atoms with Crippen LogP contribution in [0.15, 0.2) is 36.4 Å². The first-order valence-electron chi connectivity index (χ1n) is 10.0. The zero-order chi connectivity index (χ0) is 18.2. The van der Waals surface area contributed by atoms with Crippen molar-refractivity contribution in [2.75, 3.05) is 46.0 Å². The number of rotatable bonds is 6. The molecule has 3 fully saturated rings. The van der Waals surface area contributed by atoms with Gasteiger partial charge in [-0.3, -0.25) is 9.69 Å². The molecule has 2 heterocycles. The average molecular weight is 366 g/mol. The number of hydrogen-bond acceptors (Lipinski definition) is 4. The molecule has 0 aromatic heterocycles. The van der Waals surface area contributed by atoms with E-state index in [9.17, 15) is 4.79 Å². The fourth-order valence-electron chi connectivity index (χ4n) is 3.87. The molecule has 5 nitrogen and oxygen atoms in total. The summed E-state index contributed by atoms with van der Waals surface area (Å²) in [4.78, 5) is 17.5. The molecule has 142 valence electrons. The van der Waals surface area contributed by atoms with Gasteiger partial charge in [0.1, 0.15) is 12.4 Å². The standard InChI is InChI=1S/C22H26N2O3/c25-22(23-7-9-26-10-8-23)20-11-17-3-1-2-4-18(17)12-21(20)27-15-19-14-24(19)13-16-5-6-16/h1-4,11-12,16,19H,5-10,13-15H2. The van der Waals surface area contributed by atoms with Gasteiger partial charge in [0, 0.05) is 26.2 Å². The molecule has 1 aliphatic carbocycles. The normalized spacial score (nSPS) is 24.8. The molecule has 2 aromatic rings. The Morgan fingerprint density at radius 1 is 1.11 bits per heavy atom. The second kappa shape index (κ2) is 7.13. The van der Waals surface area contributed by atoms with Gasteiger partial charge in [-0.1, -0.05) is 24.3 Å². The van der Waals surface area contributed by atoms with Crippen molar-refractivity contribution in [1.29, 1.82) is 0 Å². The fraction of sp³-hybridized carbons (Fsp3) is 0.500. The Kier molecular flexibility index (Phi) is 4.50. The predicted octanol–water partition coefficient (Wildman–Crippen LogP) is 2.79. The van der Waals surface area contributed by atoms with Gasteiger partial charge in [0.2, 0.25) is 0 Å². The van der Waals surface area contributed by atoms with E-state index in [2.05, 4.69) is 11.0 Å². The Morgan fingerprint density at radius 2 is 1.85 bits per heavy atom. The molecule has 3 aliphatic rings. The van der Waals surface area contributed by atoms with Crippen molar-refractivity contribution < 1.29 is 14.3 Å². The third-order valence-corrected chi connectivity index (χ3v) is 5.83. The van der Waals surface area contributed by atoms with Crippen LogP contribution in [0.2, 0.25) is 0 Å². The van der Waals surface area contributed by atoms with Crippen LogP contribution in [0, 0.1) is 5.92 Å². The maximum atomic E-state index is 13.1. The van der Waals surface area contributed by atoms with Crippen LogP contribution in [0.4, 0.5) is 0 Å². The lowest BCUT2D eigenvalue weighted by Gasteiger charge is -2.27. The lowest BCUT2D eigenvalue weighted by atomic mass is 10.0. The summed E-state index contributed by atoms with van der Waals surface area (Å²) < 4.78 is 11.6. The van der Waals surface area contributed by atoms with E-state index >= 15 is 0 Å². The highest BCUT2D eigenvalue weighted by Crippen LogP contribution is 2.34. The lowest BCUT2D eigenvalue weighted by molar-refractivity contribution is 0.0300. The topological polar surface area (TPSA) is 41.8 Å². The van der Waals surface area contributed by atoms with Gasteiger partial charge in [0.15, 0.2) is 0 Å². The zero-order valence-electron chi connectivity index (χ0n) is 15.6. The van der Waals surface area contributed by atoms with E-state index in [1.54, 1.807) is 0 Å². The zero-order valence-corrected chi connectivity index (χ0v) is 15.6. The first kappa shape index (κ1) is 17.0. The molecular weight excluding hydrogens is 340 g/mol. The number of hydrogen-bond donors (Lipinski definition) is 0. The molecule has 2 saturated heterocycles. The maximum absolute atomic E-state index is 13.1. The van der Waals surface area contributed by atoms with Gasteiger partial charge < -0.3 is 14.4 Å². The highest BCUT2D eigenvalue weighted by atomic mass is 16.5. The average Bonchev–Trinajstić information content (AvgIpc) is 3.65. The van der Waals surface area contributed by atoms with Crippen molar-refractivity contribution in [2.24, 2.45) is 5.92 Å². The predicted molar refractivity (Wildman–Crippen MR) is 104 cm³/mol. The maximum Gasteiger partial charge on any atom is 0.257 e. The van der Waals surface area contributed by atoms with Gasteiger partial charge in [-0.25, -0.2) is 0 Å². The van der Waals surface area contributed by atoms with Crippen LogP contribution in [-0.4, -0.2) is 67.7 Å². The van der Waals surface area contributed by atoms with Crippen molar-refractivity contribution in [3.8, 4) is 5.75 Å². The van der Waals surface area contributed by atoms with Gasteiger partial charge in [-0.2, -0.15) is 0 Å². The largest absolute Gasteiger partial charge is 0.491 e. The van der Waals surface area contributed by atoms with E-state index in [-0.39, 0.29) is 5.91 Å². The Morgan fingerprint density at radius 3 is 2.59 bits per heavy atom. The summed E-state index contributed by atoms with van der Waals surface area (Å²) in [6.45, 7) is 5.49. The van der Waals surface area contributed by atoms with E-state index < -0.39 is 0 Å². The molecule has 2 unspecified atom stereocenters. The summed E-state index contributed by atoms with van der Waals surface area (Å²) >= 11 is 0. The van der Waals surface area contributed by atoms with Gasteiger partial charge in [0.25, 0.3) is 5.91 Å². The fourth-order valence-corrected chi connectivity index (χ4v) is 3.87. The summed E-state index contributed by atoms with van der Waals surface area (Å²) in [6, 6.07) is 12.7. The van der Waals surface area contributed by atoms with E-state index in [0.717, 1.165) is 23.2 Å². The highest BCUT2D eigenvalue weighted by Gasteiger charge is 2.38. The molecule has 0 spiro atoms. The Bertz CT molecular complexity index is 843. The Hall–Kier alpha value is -2.11. The van der Waals surface area contributed by atoms with Gasteiger partial charge in [-0.05, 0) is 41.7 Å². The highest BCUT2D eigenvalue weighted by molar-refractivity contribution is 6.01. The Labute approximate surface area is 159 Å². The minimum atomic E-state index is 0.0460. The van der Waals surface area contributed by atoms with E-state index in [1.165, 1.54) is 19.4 Å². The van der Waals surface area contributed by atoms with Gasteiger partial charge in [-0.15, -0.1) is 0 Å². The van der Waals surface area contributed by atoms with E-state index in [4.69, 9.17) is 9.47 Å². The van der Waals surface area contributed by atoms with Crippen LogP contribution in [0.1, 0.15) is 23.2 Å². The molecule has 0 radical (unpaired) electrons. The molecular formula is C22H26N2O3. The molecule has 2 aliphatic heterocycles. The number of carbonyl (C=O) groups excluding carboxylic acids is 1. The second-order valence-corrected chi connectivity index (χ2v) is 7.96. The van der Waals surface area contributed by atoms with Crippen molar-refractivity contribution in [3.63, 3.8) is 0 Å². The summed E-state index contributed by atoms with van der Waals surface area (Å²) in [5, 5.41) is 2.18. The summed E-state index contributed by atoms with van der Waals surface area (Å²) in [5.74, 6) is 1.67. The monoisotopic (exact) mass is 366 g/mol. The number of nitrogens with zero attached hydrogens (tertiary/aromatic N) is 2. The van der Waals surface area contributed by atoms with Crippen LogP contribution >= 0.6 is 0 Å². The van der Waals surface area contributed by atoms with Crippen LogP contribution in [0.5, 0.6) is 5.75 Å². The number of morpholine rings is 1. The number of amides is 1. The summed E-state index contributed by atoms with van der Waals surface area (Å²) in [7, 11) is 0. The molecule has 1 saturated carbocycles. The van der Waals surface area contributed by atoms with Crippen molar-refractivity contribution >= 4 is 16.7 Å². The number of ether oxygens (including phenoxy) is 2. The third kappa shape index (κ3) is 3.80. The summed E-state index contributed by atoms with van der Waals surface area (Å²) in [5.41, 5.74) is 0.671. The van der Waals surface area contributed by atoms with E-state index in [1.807, 2.05) is 35.2 Å². The van der Waals surface area contributed by atoms with Gasteiger partial charge >= 0.3 is 0 Å². The third-order valence-electron chi connectivity index (χ3n) is 5.83. The molecule has 0 N–H and O–H groups in total. The first-order valence-corrected chi connectivity index (χ1v) is 10.0. The molecule has 5 rings (SSSR count). The minimum absolute atomic E-state index is 0.0460. The number of benzene rings is 2.